The second-order valence-corrected chi connectivity index (χ2v) is 36.6. The number of methoxy groups -OCH3 is 3. The first-order valence-corrected chi connectivity index (χ1v) is 40.6. The number of benzene rings is 2. The normalized spacial score (nSPS) is 27.3. The highest BCUT2D eigenvalue weighted by Gasteiger charge is 2.63. The van der Waals surface area contributed by atoms with Crippen LogP contribution in [-0.2, 0) is 66.7 Å². The van der Waals surface area contributed by atoms with Crippen molar-refractivity contribution in [3.63, 3.8) is 0 Å². The van der Waals surface area contributed by atoms with E-state index in [1.165, 1.54) is 68.7 Å². The van der Waals surface area contributed by atoms with Crippen LogP contribution in [-0.4, -0.2) is 166 Å². The Bertz CT molecular complexity index is 4580. The summed E-state index contributed by atoms with van der Waals surface area (Å²) >= 11 is 15.6. The van der Waals surface area contributed by atoms with Crippen LogP contribution in [0.5, 0.6) is 17.2 Å². The van der Waals surface area contributed by atoms with Crippen LogP contribution in [0.1, 0.15) is 165 Å². The van der Waals surface area contributed by atoms with E-state index in [4.69, 9.17) is 56.6 Å². The van der Waals surface area contributed by atoms with Gasteiger partial charge in [-0.05, 0) is 158 Å². The van der Waals surface area contributed by atoms with Gasteiger partial charge in [0.2, 0.25) is 11.8 Å². The number of carboxylic acids is 1. The number of carboxylic acid groups (broad SMARTS) is 1. The van der Waals surface area contributed by atoms with Crippen molar-refractivity contribution in [2.75, 3.05) is 34.4 Å². The second kappa shape index (κ2) is 32.7. The molecule has 0 radical (unpaired) electrons. The van der Waals surface area contributed by atoms with E-state index in [-0.39, 0.29) is 109 Å². The number of hydrogen-bond donors (Lipinski definition) is 2. The maximum Gasteiger partial charge on any atom is 0.312 e. The Morgan fingerprint density at radius 1 is 0.627 bits per heavy atom. The highest BCUT2D eigenvalue weighted by Crippen LogP contribution is 2.60. The van der Waals surface area contributed by atoms with Crippen molar-refractivity contribution >= 4 is 116 Å². The van der Waals surface area contributed by atoms with E-state index in [1.54, 1.807) is 57.0 Å². The summed E-state index contributed by atoms with van der Waals surface area (Å²) in [6.07, 6.45) is 11.6. The molecule has 6 saturated carbocycles. The number of H-pyrrole nitrogens is 1. The molecule has 14 rings (SSSR count). The molecule has 2 unspecified atom stereocenters. The van der Waals surface area contributed by atoms with E-state index in [1.807, 2.05) is 76.4 Å². The van der Waals surface area contributed by atoms with Crippen LogP contribution < -0.4 is 19.6 Å². The number of halogens is 2. The number of ketones is 2. The number of aromatic amines is 1. The molecule has 2 aromatic carbocycles. The number of aliphatic carboxylic acids is 1. The van der Waals surface area contributed by atoms with Crippen LogP contribution in [0, 0.1) is 74.9 Å². The summed E-state index contributed by atoms with van der Waals surface area (Å²) in [6, 6.07) is 8.67. The number of nitrogens with zero attached hydrogens (tertiary/aromatic N) is 9. The summed E-state index contributed by atoms with van der Waals surface area (Å²) in [7, 11) is 8.07. The van der Waals surface area contributed by atoms with Gasteiger partial charge in [-0.15, -0.1) is 20.4 Å². The van der Waals surface area contributed by atoms with E-state index in [0.29, 0.717) is 114 Å². The average Bonchev–Trinajstić information content (AvgIpc) is 1.57. The summed E-state index contributed by atoms with van der Waals surface area (Å²) in [5, 5.41) is 30.3. The lowest BCUT2D eigenvalue weighted by atomic mass is 9.77. The molecule has 2 aliphatic heterocycles. The fraction of sp³-hybridized carbons (Fsp3) is 0.625. The number of aryl methyl sites for hydroxylation is 2. The van der Waals surface area contributed by atoms with E-state index in [2.05, 4.69) is 25.4 Å². The number of Topliss-reactive ketones (excluding diaryl/α,β-unsaturated/α-hetero) is 2. The lowest BCUT2D eigenvalue weighted by Crippen LogP contribution is -2.48. The average molecular weight is 1590 g/mol. The number of aromatic nitrogens is 8. The summed E-state index contributed by atoms with van der Waals surface area (Å²) in [6.45, 7) is 18.1. The zero-order valence-corrected chi connectivity index (χ0v) is 68.2. The van der Waals surface area contributed by atoms with Crippen molar-refractivity contribution < 1.29 is 71.9 Å². The predicted octanol–water partition coefficient (Wildman–Crippen LogP) is 13.0. The molecule has 26 nitrogen and oxygen atoms in total. The van der Waals surface area contributed by atoms with Crippen LogP contribution in [0.2, 0.25) is 10.0 Å². The minimum absolute atomic E-state index is 0.0114. The number of likely N-dealkylation sites (tertiary alicyclic amines) is 2. The van der Waals surface area contributed by atoms with Gasteiger partial charge in [0, 0.05) is 62.8 Å². The molecule has 110 heavy (non-hydrogen) atoms. The molecule has 594 valence electrons. The van der Waals surface area contributed by atoms with E-state index >= 15 is 0 Å². The zero-order chi connectivity index (χ0) is 79.4. The molecular weight excluding hydrogens is 1490 g/mol. The number of carbonyl (C=O) groups excluding carboxylic acids is 7. The summed E-state index contributed by atoms with van der Waals surface area (Å²) in [4.78, 5) is 131. The standard InChI is InChI=1S/C39H48ClN5O8S.C28H43NO6.C13H11ClN4O2S/c1-7-22-16-39(22,36(49)50)17-28(46)27-13-24(18-45(27)35(48)26(38(2,3)4)14-32(47)53-23-11-20-10-21(20)12-23)52-30-15-31(54-37-43-41-19-44(37)5)42-34-25(30)8-9-29(51-6)33(34)40;1-7-19-13-28(19,26(33)34-6)14-23(30)22-8-16(2)15-29(22)25(32)21(27(3,4)5)12-24(31)35-20-10-17-9-18(17)11-20;1-18-6-15-17-13(18)21-10-5-8(19)7-3-4-9(20-2)11(14)12(7)16-10/h8-9,15,19-24,26-27H,7,10-14,16-18H2,1-6H3,(H,49,50);16-22H,7-15H2,1-6H3;3-6H,1-2H3,(H,16,19)/t20-,21+,22-,23?,24-,26-,27+,39-;16-,17-,18+,19+,20?,21+,22-,28+;/m10./s1. The van der Waals surface area contributed by atoms with Gasteiger partial charge in [0.25, 0.3) is 0 Å². The third kappa shape index (κ3) is 17.7. The molecule has 0 spiro atoms. The number of amides is 2. The Kier molecular flexibility index (Phi) is 24.3. The van der Waals surface area contributed by atoms with Crippen LogP contribution >= 0.6 is 46.7 Å². The Labute approximate surface area is 658 Å². The molecule has 2 amide bonds. The lowest BCUT2D eigenvalue weighted by Gasteiger charge is -2.35. The third-order valence-electron chi connectivity index (χ3n) is 24.1. The summed E-state index contributed by atoms with van der Waals surface area (Å²) in [5.41, 5.74) is -2.11. The van der Waals surface area contributed by atoms with Crippen molar-refractivity contribution in [1.29, 1.82) is 0 Å². The van der Waals surface area contributed by atoms with Gasteiger partial charge in [-0.3, -0.25) is 43.2 Å². The molecule has 4 aromatic heterocycles. The topological polar surface area (TPSA) is 326 Å². The molecule has 0 bridgehead atoms. The SMILES string of the molecule is CC[C@@H]1C[C@]1(CC(=O)[C@@H]1C[C@@H](Oc2cc(Sc3nncn3C)nc3c(Cl)c(OC)ccc23)CN1C(=O)[C@@H](CC(=O)OC1C[C@@H]2C[C@@H]2C1)C(C)(C)C)C(=O)O.CC[C@@H]1C[C@]1(CC(=O)[C@@H]1C[C@H](C)CN1C(=O)[C@@H](CC(=O)OC1C[C@@H]2C[C@@H]2C1)C(C)(C)C)C(=O)OC.COc1ccc2c(=O)cc(Sc3nncn3C)[nH]c2c1Cl. The molecular formula is C80H102Cl2N10O16S2. The smallest absolute Gasteiger partial charge is 0.312 e. The Hall–Kier alpha value is -7.82. The van der Waals surface area contributed by atoms with E-state index in [9.17, 15) is 48.3 Å². The number of nitrogens with one attached hydrogen (secondary N) is 1. The quantitative estimate of drug-likeness (QED) is 0.0376. The molecule has 16 atom stereocenters. The Balaban J connectivity index is 0.000000171. The largest absolute Gasteiger partial charge is 0.495 e. The number of pyridine rings is 2. The van der Waals surface area contributed by atoms with Crippen molar-refractivity contribution in [2.45, 2.75) is 216 Å². The van der Waals surface area contributed by atoms with Gasteiger partial charge in [-0.1, -0.05) is 98.4 Å². The van der Waals surface area contributed by atoms with Gasteiger partial charge in [0.1, 0.15) is 63.3 Å². The van der Waals surface area contributed by atoms with Gasteiger partial charge in [0.15, 0.2) is 27.3 Å². The van der Waals surface area contributed by atoms with Gasteiger partial charge in [0.05, 0.1) is 91.5 Å². The number of rotatable bonds is 26. The highest BCUT2D eigenvalue weighted by atomic mass is 35.5. The highest BCUT2D eigenvalue weighted by molar-refractivity contribution is 7.99. The van der Waals surface area contributed by atoms with E-state index in [0.717, 1.165) is 43.9 Å². The monoisotopic (exact) mass is 1590 g/mol. The molecule has 8 fully saturated rings. The van der Waals surface area contributed by atoms with Crippen LogP contribution in [0.25, 0.3) is 21.8 Å². The molecule has 30 heteroatoms. The van der Waals surface area contributed by atoms with Crippen LogP contribution in [0.15, 0.2) is 74.2 Å². The first-order chi connectivity index (χ1) is 52.1. The first kappa shape index (κ1) is 81.7. The number of fused-ring (bicyclic) bond motifs is 4. The maximum absolute atomic E-state index is 14.7. The van der Waals surface area contributed by atoms with Crippen molar-refractivity contribution in [3.8, 4) is 17.2 Å². The minimum atomic E-state index is -1.14. The second-order valence-electron chi connectivity index (χ2n) is 33.9. The molecule has 8 aliphatic rings. The van der Waals surface area contributed by atoms with Crippen molar-refractivity contribution in [1.82, 2.24) is 49.3 Å². The number of ether oxygens (including phenoxy) is 6. The number of esters is 3. The third-order valence-corrected chi connectivity index (χ3v) is 26.8. The van der Waals surface area contributed by atoms with Crippen LogP contribution in [0.3, 0.4) is 0 Å². The van der Waals surface area contributed by atoms with E-state index < -0.39 is 63.6 Å². The van der Waals surface area contributed by atoms with Crippen LogP contribution in [0.4, 0.5) is 0 Å². The summed E-state index contributed by atoms with van der Waals surface area (Å²) < 4.78 is 37.5. The summed E-state index contributed by atoms with van der Waals surface area (Å²) in [5.74, 6) is 0.0547. The predicted molar refractivity (Wildman–Crippen MR) is 411 cm³/mol. The molecule has 2 saturated heterocycles. The Morgan fingerprint density at radius 3 is 1.60 bits per heavy atom. The zero-order valence-electron chi connectivity index (χ0n) is 65.1. The molecule has 2 N–H and O–H groups in total. The van der Waals surface area contributed by atoms with Gasteiger partial charge < -0.3 is 57.4 Å². The lowest BCUT2D eigenvalue weighted by molar-refractivity contribution is -0.157. The fourth-order valence-electron chi connectivity index (χ4n) is 17.3. The fourth-order valence-corrected chi connectivity index (χ4v) is 19.4. The van der Waals surface area contributed by atoms with Gasteiger partial charge in [-0.2, -0.15) is 0 Å². The maximum atomic E-state index is 14.7. The van der Waals surface area contributed by atoms with Crippen molar-refractivity contribution in [3.05, 3.63) is 69.3 Å². The van der Waals surface area contributed by atoms with Gasteiger partial charge in [-0.25, -0.2) is 4.98 Å². The molecule has 6 heterocycles. The minimum Gasteiger partial charge on any atom is -0.495 e. The first-order valence-electron chi connectivity index (χ1n) is 38.2. The van der Waals surface area contributed by atoms with Gasteiger partial charge >= 0.3 is 23.9 Å². The van der Waals surface area contributed by atoms with Crippen molar-refractivity contribution in [2.24, 2.45) is 89.0 Å². The number of carbonyl (C=O) groups is 8. The Morgan fingerprint density at radius 2 is 1.12 bits per heavy atom. The molecule has 6 aromatic rings. The molecule has 6 aliphatic carbocycles. The number of hydrogen-bond acceptors (Lipinski definition) is 22.